The average molecular weight is 615 g/mol. The van der Waals surface area contributed by atoms with Gasteiger partial charge in [0.15, 0.2) is 6.29 Å². The van der Waals surface area contributed by atoms with E-state index in [1.807, 2.05) is 0 Å². The van der Waals surface area contributed by atoms with Gasteiger partial charge in [0.05, 0.1) is 31.0 Å². The minimum atomic E-state index is -0.396. The molecule has 2 saturated heterocycles. The highest BCUT2D eigenvalue weighted by Crippen LogP contribution is 2.58. The van der Waals surface area contributed by atoms with E-state index in [0.29, 0.717) is 23.7 Å². The quantitative estimate of drug-likeness (QED) is 0.248. The molecular weight excluding hydrogens is 556 g/mol. The van der Waals surface area contributed by atoms with E-state index >= 15 is 0 Å². The summed E-state index contributed by atoms with van der Waals surface area (Å²) in [6.45, 7) is 16.8. The first kappa shape index (κ1) is 32.5. The second-order valence-corrected chi connectivity index (χ2v) is 16.3. The van der Waals surface area contributed by atoms with Crippen LogP contribution in [-0.4, -0.2) is 43.0 Å². The third-order valence-electron chi connectivity index (χ3n) is 14.7. The highest BCUT2D eigenvalue weighted by Gasteiger charge is 2.56. The van der Waals surface area contributed by atoms with Gasteiger partial charge in [0, 0.05) is 5.92 Å². The molecule has 2 aliphatic heterocycles. The number of esters is 3. The Morgan fingerprint density at radius 1 is 0.750 bits per heavy atom. The van der Waals surface area contributed by atoms with Gasteiger partial charge in [-0.05, 0) is 117 Å². The maximum absolute atomic E-state index is 12.9. The van der Waals surface area contributed by atoms with E-state index in [1.165, 1.54) is 38.5 Å². The number of ether oxygens (including phenoxy) is 4. The molecule has 248 valence electrons. The number of carbonyl (C=O) groups excluding carboxylic acids is 3. The van der Waals surface area contributed by atoms with Crippen LogP contribution in [0.15, 0.2) is 0 Å². The molecule has 0 aromatic heterocycles. The van der Waals surface area contributed by atoms with Gasteiger partial charge in [-0.2, -0.15) is 0 Å². The Morgan fingerprint density at radius 2 is 1.32 bits per heavy atom. The molecule has 0 amide bonds. The zero-order chi connectivity index (χ0) is 31.5. The van der Waals surface area contributed by atoms with Crippen molar-refractivity contribution in [1.29, 1.82) is 0 Å². The molecular formula is C37H58O7. The molecule has 44 heavy (non-hydrogen) atoms. The molecule has 0 aromatic carbocycles. The van der Waals surface area contributed by atoms with Gasteiger partial charge in [-0.1, -0.05) is 48.5 Å². The summed E-state index contributed by atoms with van der Waals surface area (Å²) >= 11 is 0. The minimum Gasteiger partial charge on any atom is -0.459 e. The monoisotopic (exact) mass is 614 g/mol. The SMILES string of the molecule is CC1C(=O)OC(=O)C1C.CC1C2CC(C3OCCO3)C(C2)C1C.CCC1(OC(=O)C2CC3CC2C(C)C3C)CC2CCC1C2. The zero-order valence-electron chi connectivity index (χ0n) is 28.3. The second-order valence-electron chi connectivity index (χ2n) is 16.3. The molecule has 6 saturated carbocycles. The summed E-state index contributed by atoms with van der Waals surface area (Å²) in [6.07, 6.45) is 11.4. The van der Waals surface area contributed by atoms with Gasteiger partial charge in [0.2, 0.25) is 0 Å². The van der Waals surface area contributed by atoms with E-state index in [-0.39, 0.29) is 35.6 Å². The zero-order valence-corrected chi connectivity index (χ0v) is 28.3. The van der Waals surface area contributed by atoms with Gasteiger partial charge in [0.25, 0.3) is 0 Å². The van der Waals surface area contributed by atoms with Crippen LogP contribution in [0.25, 0.3) is 0 Å². The molecule has 15 unspecified atom stereocenters. The molecule has 6 aliphatic carbocycles. The molecule has 0 N–H and O–H groups in total. The molecule has 8 aliphatic rings. The fourth-order valence-electron chi connectivity index (χ4n) is 11.1. The van der Waals surface area contributed by atoms with Gasteiger partial charge in [0.1, 0.15) is 5.60 Å². The van der Waals surface area contributed by atoms with E-state index in [2.05, 4.69) is 39.4 Å². The normalized spacial score (nSPS) is 50.0. The van der Waals surface area contributed by atoms with E-state index in [4.69, 9.17) is 14.2 Å². The van der Waals surface area contributed by atoms with Gasteiger partial charge in [-0.25, -0.2) is 0 Å². The smallest absolute Gasteiger partial charge is 0.317 e. The van der Waals surface area contributed by atoms with Crippen molar-refractivity contribution >= 4 is 17.9 Å². The number of rotatable bonds is 4. The van der Waals surface area contributed by atoms with Crippen LogP contribution >= 0.6 is 0 Å². The fourth-order valence-corrected chi connectivity index (χ4v) is 11.1. The van der Waals surface area contributed by atoms with Gasteiger partial charge in [-0.3, -0.25) is 14.4 Å². The lowest BCUT2D eigenvalue weighted by Crippen LogP contribution is -2.43. The molecule has 6 bridgehead atoms. The highest BCUT2D eigenvalue weighted by molar-refractivity contribution is 5.95. The van der Waals surface area contributed by atoms with Crippen LogP contribution in [0, 0.1) is 82.9 Å². The number of hydrogen-bond donors (Lipinski definition) is 0. The van der Waals surface area contributed by atoms with Crippen LogP contribution in [0.4, 0.5) is 0 Å². The first-order chi connectivity index (χ1) is 20.9. The van der Waals surface area contributed by atoms with E-state index < -0.39 is 11.9 Å². The molecule has 7 heteroatoms. The predicted molar refractivity (Wildman–Crippen MR) is 166 cm³/mol. The lowest BCUT2D eigenvalue weighted by molar-refractivity contribution is -0.174. The van der Waals surface area contributed by atoms with Crippen molar-refractivity contribution in [3.63, 3.8) is 0 Å². The van der Waals surface area contributed by atoms with Crippen LogP contribution in [-0.2, 0) is 33.3 Å². The second kappa shape index (κ2) is 12.6. The molecule has 2 heterocycles. The van der Waals surface area contributed by atoms with Crippen LogP contribution < -0.4 is 0 Å². The van der Waals surface area contributed by atoms with Crippen LogP contribution in [0.1, 0.15) is 106 Å². The van der Waals surface area contributed by atoms with E-state index in [9.17, 15) is 14.4 Å². The van der Waals surface area contributed by atoms with Crippen molar-refractivity contribution < 1.29 is 33.3 Å². The Balaban J connectivity index is 0.000000128. The number of fused-ring (bicyclic) bond motifs is 6. The molecule has 0 radical (unpaired) electrons. The first-order valence-corrected chi connectivity index (χ1v) is 18.2. The van der Waals surface area contributed by atoms with Crippen LogP contribution in [0.3, 0.4) is 0 Å². The summed E-state index contributed by atoms with van der Waals surface area (Å²) in [5.41, 5.74) is -0.0866. The highest BCUT2D eigenvalue weighted by atomic mass is 16.7. The number of cyclic esters (lactones) is 2. The van der Waals surface area contributed by atoms with Gasteiger partial charge >= 0.3 is 17.9 Å². The summed E-state index contributed by atoms with van der Waals surface area (Å²) in [5.74, 6) is 7.80. The van der Waals surface area contributed by atoms with Gasteiger partial charge in [-0.15, -0.1) is 0 Å². The van der Waals surface area contributed by atoms with Crippen molar-refractivity contribution in [3.05, 3.63) is 0 Å². The molecule has 0 aromatic rings. The summed E-state index contributed by atoms with van der Waals surface area (Å²) in [4.78, 5) is 34.0. The van der Waals surface area contributed by atoms with E-state index in [1.54, 1.807) is 13.8 Å². The van der Waals surface area contributed by atoms with Crippen LogP contribution in [0.5, 0.6) is 0 Å². The fraction of sp³-hybridized carbons (Fsp3) is 0.919. The molecule has 0 spiro atoms. The largest absolute Gasteiger partial charge is 0.459 e. The van der Waals surface area contributed by atoms with E-state index in [0.717, 1.165) is 73.9 Å². The Labute approximate surface area is 265 Å². The van der Waals surface area contributed by atoms with Crippen molar-refractivity contribution in [2.45, 2.75) is 118 Å². The lowest BCUT2D eigenvalue weighted by Gasteiger charge is -2.39. The first-order valence-electron chi connectivity index (χ1n) is 18.2. The Hall–Kier alpha value is -1.47. The van der Waals surface area contributed by atoms with Crippen molar-refractivity contribution in [3.8, 4) is 0 Å². The number of hydrogen-bond acceptors (Lipinski definition) is 7. The Kier molecular flexibility index (Phi) is 9.31. The summed E-state index contributed by atoms with van der Waals surface area (Å²) in [7, 11) is 0. The average Bonchev–Trinajstić information content (AvgIpc) is 3.86. The lowest BCUT2D eigenvalue weighted by atomic mass is 9.75. The van der Waals surface area contributed by atoms with Crippen molar-refractivity contribution in [1.82, 2.24) is 0 Å². The van der Waals surface area contributed by atoms with Gasteiger partial charge < -0.3 is 18.9 Å². The predicted octanol–water partition coefficient (Wildman–Crippen LogP) is 7.06. The summed E-state index contributed by atoms with van der Waals surface area (Å²) in [6, 6.07) is 0. The maximum atomic E-state index is 12.9. The maximum Gasteiger partial charge on any atom is 0.317 e. The van der Waals surface area contributed by atoms with Crippen molar-refractivity contribution in [2.24, 2.45) is 82.9 Å². The van der Waals surface area contributed by atoms with Crippen LogP contribution in [0.2, 0.25) is 0 Å². The summed E-state index contributed by atoms with van der Waals surface area (Å²) in [5, 5.41) is 0. The molecule has 8 rings (SSSR count). The minimum absolute atomic E-state index is 0.0866. The topological polar surface area (TPSA) is 88.1 Å². The Bertz CT molecular complexity index is 1060. The molecule has 7 nitrogen and oxygen atoms in total. The standard InChI is InChI=1S/C19H30O2.C12H20O2.C6H8O3/c1-4-19(10-13-5-6-15(19)7-13)21-18(20)17-9-14-8-16(17)12(3)11(14)2;1-7-8(2)10-5-9(7)6-11(10)12-13-3-4-14-12;1-3-4(2)6(8)9-5(3)7/h11-17H,4-10H2,1-3H3;7-12H,3-6H2,1-2H3;3-4H,1-2H3. The summed E-state index contributed by atoms with van der Waals surface area (Å²) < 4.78 is 21.9. The number of carbonyl (C=O) groups is 3. The Morgan fingerprint density at radius 3 is 1.75 bits per heavy atom. The third kappa shape index (κ3) is 5.69. The third-order valence-corrected chi connectivity index (χ3v) is 14.7. The molecule has 15 atom stereocenters. The van der Waals surface area contributed by atoms with Crippen molar-refractivity contribution in [2.75, 3.05) is 13.2 Å². The molecule has 8 fully saturated rings.